The smallest absolute Gasteiger partial charge is 0.0920 e. The van der Waals surface area contributed by atoms with Crippen LogP contribution >= 0.6 is 17.0 Å². The van der Waals surface area contributed by atoms with E-state index in [1.54, 1.807) is 0 Å². The molecule has 8 aromatic rings. The minimum Gasteiger partial charge on any atom is -0.184 e. The number of hydrogen-bond donors (Lipinski definition) is 0. The topological polar surface area (TPSA) is 0 Å². The SMILES string of the molecule is CCc1ccccc1-c1c(C(C)(C)C)ccc2[cH-]c(CC(C)C)cc12.CCc1ccccc1-c1c(C(C)(C)C)ccc2[cH-]c(CC(C)C)cc12.[Cl][Zr][Cl].[c-]1cccc2c1[Si]c1ccccc1-2. The first-order valence-electron chi connectivity index (χ1n) is 23.9. The fourth-order valence-corrected chi connectivity index (χ4v) is 10.9. The predicted molar refractivity (Wildman–Crippen MR) is 291 cm³/mol. The number of benzene rings is 6. The Bertz CT molecular complexity index is 2650. The molecule has 0 atom stereocenters. The van der Waals surface area contributed by atoms with Crippen molar-refractivity contribution in [1.29, 1.82) is 0 Å². The van der Waals surface area contributed by atoms with Crippen molar-refractivity contribution in [2.45, 2.75) is 120 Å². The molecule has 0 aliphatic carbocycles. The van der Waals surface area contributed by atoms with Crippen molar-refractivity contribution >= 4 is 58.5 Å². The van der Waals surface area contributed by atoms with Crippen molar-refractivity contribution in [2.24, 2.45) is 11.8 Å². The predicted octanol–water partition coefficient (Wildman–Crippen LogP) is 17.1. The van der Waals surface area contributed by atoms with Crippen LogP contribution in [-0.4, -0.2) is 9.52 Å². The quantitative estimate of drug-likeness (QED) is 0.105. The van der Waals surface area contributed by atoms with E-state index in [1.165, 1.54) is 98.7 Å². The van der Waals surface area contributed by atoms with E-state index in [0.29, 0.717) is 11.8 Å². The third-order valence-electron chi connectivity index (χ3n) is 12.5. The summed E-state index contributed by atoms with van der Waals surface area (Å²) < 4.78 is 0. The van der Waals surface area contributed by atoms with E-state index < -0.39 is 20.8 Å². The second kappa shape index (κ2) is 23.0. The Kier molecular flexibility index (Phi) is 18.0. The van der Waals surface area contributed by atoms with E-state index in [2.05, 4.69) is 223 Å². The molecule has 342 valence electrons. The molecule has 0 N–H and O–H groups in total. The van der Waals surface area contributed by atoms with E-state index in [4.69, 9.17) is 17.0 Å². The van der Waals surface area contributed by atoms with Crippen molar-refractivity contribution in [1.82, 2.24) is 0 Å². The fourth-order valence-electron chi connectivity index (χ4n) is 9.57. The van der Waals surface area contributed by atoms with Gasteiger partial charge in [0.2, 0.25) is 0 Å². The zero-order valence-corrected chi connectivity index (χ0v) is 46.5. The normalized spacial score (nSPS) is 11.9. The molecule has 8 aromatic carbocycles. The molecule has 4 heteroatoms. The van der Waals surface area contributed by atoms with Gasteiger partial charge in [0.05, 0.1) is 9.52 Å². The molecule has 0 unspecified atom stereocenters. The van der Waals surface area contributed by atoms with Crippen LogP contribution in [0.4, 0.5) is 0 Å². The van der Waals surface area contributed by atoms with Gasteiger partial charge in [0.1, 0.15) is 0 Å². The Morgan fingerprint density at radius 2 is 0.955 bits per heavy atom. The van der Waals surface area contributed by atoms with Crippen LogP contribution in [0.2, 0.25) is 0 Å². The molecule has 0 fully saturated rings. The van der Waals surface area contributed by atoms with Crippen molar-refractivity contribution in [3.8, 4) is 33.4 Å². The molecule has 1 heterocycles. The standard InChI is InChI=1S/2C25H31.C12H7Si.2ClH.Zr/c2*1-7-19-10-8-9-11-21(19)24-22-16-18(14-17(2)3)15-20(22)12-13-23(24)25(4,5)6;1-3-7-11-9(5-1)10-6-2-4-8-12(10)13-11;;;/h2*8-13,15-17H,7,14H2,1-6H3;1-7H;2*1H;/q3*-1;;;+2/p-2. The first-order chi connectivity index (χ1) is 31.5. The minimum absolute atomic E-state index is 0.125. The third kappa shape index (κ3) is 12.5. The van der Waals surface area contributed by atoms with Crippen molar-refractivity contribution in [2.75, 3.05) is 0 Å². The molecule has 2 radical (unpaired) electrons. The zero-order valence-electron chi connectivity index (χ0n) is 41.5. The van der Waals surface area contributed by atoms with Gasteiger partial charge in [-0.3, -0.25) is 0 Å². The number of hydrogen-bond acceptors (Lipinski definition) is 0. The molecule has 0 spiro atoms. The first kappa shape index (κ1) is 51.6. The van der Waals surface area contributed by atoms with Gasteiger partial charge in [-0.2, -0.15) is 41.6 Å². The van der Waals surface area contributed by atoms with Gasteiger partial charge in [0.25, 0.3) is 0 Å². The molecular formula is C62H69Cl2SiZr-3. The molecule has 0 bridgehead atoms. The number of halogens is 2. The van der Waals surface area contributed by atoms with Crippen LogP contribution in [0.3, 0.4) is 0 Å². The first-order valence-corrected chi connectivity index (χ1v) is 31.3. The number of fused-ring (bicyclic) bond motifs is 5. The average Bonchev–Trinajstić information content (AvgIpc) is 4.00. The molecule has 0 saturated heterocycles. The van der Waals surface area contributed by atoms with Gasteiger partial charge in [0.15, 0.2) is 0 Å². The van der Waals surface area contributed by atoms with Crippen LogP contribution < -0.4 is 10.4 Å². The molecule has 0 aromatic heterocycles. The van der Waals surface area contributed by atoms with Crippen LogP contribution in [0.1, 0.15) is 116 Å². The van der Waals surface area contributed by atoms with Gasteiger partial charge in [-0.25, -0.2) is 0 Å². The number of aryl methyl sites for hydroxylation is 2. The third-order valence-corrected chi connectivity index (χ3v) is 13.8. The maximum atomic E-state index is 4.93. The molecule has 66 heavy (non-hydrogen) atoms. The van der Waals surface area contributed by atoms with Crippen LogP contribution in [-0.2, 0) is 57.4 Å². The molecule has 0 saturated carbocycles. The number of rotatable bonds is 8. The van der Waals surface area contributed by atoms with Crippen molar-refractivity contribution in [3.05, 3.63) is 179 Å². The summed E-state index contributed by atoms with van der Waals surface area (Å²) in [7, 11) is 10.7. The van der Waals surface area contributed by atoms with Crippen LogP contribution in [0.25, 0.3) is 54.9 Å². The minimum atomic E-state index is -0.826. The van der Waals surface area contributed by atoms with Gasteiger partial charge >= 0.3 is 37.9 Å². The van der Waals surface area contributed by atoms with Crippen LogP contribution in [0, 0.1) is 17.9 Å². The van der Waals surface area contributed by atoms with E-state index in [-0.39, 0.29) is 10.8 Å². The van der Waals surface area contributed by atoms with Crippen molar-refractivity contribution < 1.29 is 20.8 Å². The van der Waals surface area contributed by atoms with E-state index in [1.807, 2.05) is 6.07 Å². The maximum Gasteiger partial charge on any atom is 0.0920 e. The Hall–Kier alpha value is -3.78. The summed E-state index contributed by atoms with van der Waals surface area (Å²) in [5.74, 6) is 1.37. The van der Waals surface area contributed by atoms with Gasteiger partial charge < -0.3 is 0 Å². The van der Waals surface area contributed by atoms with Crippen molar-refractivity contribution in [3.63, 3.8) is 0 Å². The Labute approximate surface area is 419 Å². The molecule has 1 aliphatic heterocycles. The average molecular weight is 1000 g/mol. The van der Waals surface area contributed by atoms with Gasteiger partial charge in [0, 0.05) is 0 Å². The monoisotopic (exact) mass is 1000 g/mol. The van der Waals surface area contributed by atoms with E-state index in [9.17, 15) is 0 Å². The summed E-state index contributed by atoms with van der Waals surface area (Å²) in [6, 6.07) is 55.0. The Morgan fingerprint density at radius 1 is 0.545 bits per heavy atom. The molecule has 9 rings (SSSR count). The maximum absolute atomic E-state index is 4.93. The second-order valence-electron chi connectivity index (χ2n) is 20.6. The van der Waals surface area contributed by atoms with Gasteiger partial charge in [-0.1, -0.05) is 189 Å². The molecule has 0 nitrogen and oxygen atoms in total. The van der Waals surface area contributed by atoms with Gasteiger partial charge in [-0.05, 0) is 70.6 Å². The second-order valence-corrected chi connectivity index (χ2v) is 25.6. The van der Waals surface area contributed by atoms with Crippen LogP contribution in [0.15, 0.2) is 140 Å². The Balaban J connectivity index is 0.000000166. The summed E-state index contributed by atoms with van der Waals surface area (Å²) >= 11 is -0.826. The summed E-state index contributed by atoms with van der Waals surface area (Å²) in [6.07, 6.45) is 4.42. The molecule has 0 amide bonds. The fraction of sp³-hybridized carbons (Fsp3) is 0.323. The summed E-state index contributed by atoms with van der Waals surface area (Å²) in [5, 5.41) is 8.42. The molecule has 1 aliphatic rings. The summed E-state index contributed by atoms with van der Waals surface area (Å²) in [5.41, 5.74) is 17.4. The van der Waals surface area contributed by atoms with E-state index in [0.717, 1.165) is 35.2 Å². The van der Waals surface area contributed by atoms with Gasteiger partial charge in [-0.15, -0.1) is 74.6 Å². The summed E-state index contributed by atoms with van der Waals surface area (Å²) in [6.45, 7) is 27.6. The Morgan fingerprint density at radius 3 is 1.38 bits per heavy atom. The largest absolute Gasteiger partial charge is 0.184 e. The van der Waals surface area contributed by atoms with Crippen LogP contribution in [0.5, 0.6) is 0 Å². The summed E-state index contributed by atoms with van der Waals surface area (Å²) in [4.78, 5) is 0. The van der Waals surface area contributed by atoms with E-state index >= 15 is 0 Å². The zero-order chi connectivity index (χ0) is 47.8. The molecular weight excluding hydrogens is 935 g/mol.